The van der Waals surface area contributed by atoms with Gasteiger partial charge < -0.3 is 10.2 Å². The van der Waals surface area contributed by atoms with Crippen LogP contribution in [0.5, 0.6) is 0 Å². The highest BCUT2D eigenvalue weighted by atomic mass is 19.1. The smallest absolute Gasteiger partial charge is 0.226 e. The van der Waals surface area contributed by atoms with Crippen molar-refractivity contribution in [3.8, 4) is 0 Å². The summed E-state index contributed by atoms with van der Waals surface area (Å²) in [4.78, 5) is 19.6. The molecule has 1 saturated heterocycles. The maximum Gasteiger partial charge on any atom is 0.226 e. The Morgan fingerprint density at radius 1 is 1.09 bits per heavy atom. The van der Waals surface area contributed by atoms with E-state index in [2.05, 4.69) is 30.2 Å². The second kappa shape index (κ2) is 5.75. The molecule has 4 rings (SSSR count). The molecule has 0 aliphatic carbocycles. The van der Waals surface area contributed by atoms with E-state index < -0.39 is 0 Å². The van der Waals surface area contributed by atoms with Crippen molar-refractivity contribution >= 4 is 28.5 Å². The van der Waals surface area contributed by atoms with E-state index in [0.29, 0.717) is 28.5 Å². The molecule has 0 bridgehead atoms. The van der Waals surface area contributed by atoms with Crippen LogP contribution in [-0.2, 0) is 0 Å². The van der Waals surface area contributed by atoms with Gasteiger partial charge in [-0.15, -0.1) is 0 Å². The highest BCUT2D eigenvalue weighted by Gasteiger charge is 2.16. The molecule has 0 saturated carbocycles. The van der Waals surface area contributed by atoms with Gasteiger partial charge >= 0.3 is 0 Å². The molecule has 116 valence electrons. The third kappa shape index (κ3) is 2.77. The summed E-state index contributed by atoms with van der Waals surface area (Å²) < 4.78 is 13.3. The van der Waals surface area contributed by atoms with Crippen LogP contribution in [0.15, 0.2) is 36.8 Å². The molecule has 0 radical (unpaired) electrons. The summed E-state index contributed by atoms with van der Waals surface area (Å²) in [5, 5.41) is 3.11. The van der Waals surface area contributed by atoms with Crippen LogP contribution in [0.1, 0.15) is 12.8 Å². The van der Waals surface area contributed by atoms with Gasteiger partial charge in [0.1, 0.15) is 23.2 Å². The van der Waals surface area contributed by atoms with Gasteiger partial charge in [-0.1, -0.05) is 6.07 Å². The van der Waals surface area contributed by atoms with Crippen LogP contribution < -0.4 is 10.2 Å². The third-order valence-corrected chi connectivity index (χ3v) is 3.84. The van der Waals surface area contributed by atoms with Gasteiger partial charge in [-0.05, 0) is 31.0 Å². The van der Waals surface area contributed by atoms with Gasteiger partial charge in [-0.25, -0.2) is 24.3 Å². The van der Waals surface area contributed by atoms with Crippen LogP contribution in [0.2, 0.25) is 0 Å². The first-order valence-electron chi connectivity index (χ1n) is 7.55. The lowest BCUT2D eigenvalue weighted by Gasteiger charge is -2.15. The van der Waals surface area contributed by atoms with E-state index in [1.54, 1.807) is 18.3 Å². The fourth-order valence-corrected chi connectivity index (χ4v) is 2.71. The Labute approximate surface area is 132 Å². The Hall–Kier alpha value is -2.83. The lowest BCUT2D eigenvalue weighted by molar-refractivity contribution is 0.628. The van der Waals surface area contributed by atoms with Gasteiger partial charge in [0.25, 0.3) is 0 Å². The SMILES string of the molecule is Fc1cccc(Nc2ncnc3cnc(N4CCCC4)nc23)c1. The van der Waals surface area contributed by atoms with Crippen molar-refractivity contribution in [2.24, 2.45) is 0 Å². The molecule has 3 heterocycles. The van der Waals surface area contributed by atoms with Crippen LogP contribution >= 0.6 is 0 Å². The normalized spacial score (nSPS) is 14.4. The molecule has 0 amide bonds. The molecular weight excluding hydrogens is 295 g/mol. The molecule has 0 atom stereocenters. The van der Waals surface area contributed by atoms with E-state index in [4.69, 9.17) is 0 Å². The molecule has 1 aliphatic heterocycles. The van der Waals surface area contributed by atoms with Crippen molar-refractivity contribution in [2.75, 3.05) is 23.3 Å². The number of benzene rings is 1. The number of hydrogen-bond donors (Lipinski definition) is 1. The summed E-state index contributed by atoms with van der Waals surface area (Å²) in [7, 11) is 0. The summed E-state index contributed by atoms with van der Waals surface area (Å²) in [6.45, 7) is 1.93. The highest BCUT2D eigenvalue weighted by Crippen LogP contribution is 2.24. The molecule has 1 aromatic carbocycles. The molecule has 1 aliphatic rings. The predicted octanol–water partition coefficient (Wildman–Crippen LogP) is 2.90. The van der Waals surface area contributed by atoms with Crippen molar-refractivity contribution in [1.29, 1.82) is 0 Å². The van der Waals surface area contributed by atoms with Crippen LogP contribution in [0, 0.1) is 5.82 Å². The van der Waals surface area contributed by atoms with E-state index >= 15 is 0 Å². The predicted molar refractivity (Wildman–Crippen MR) is 86.3 cm³/mol. The first-order valence-corrected chi connectivity index (χ1v) is 7.55. The summed E-state index contributed by atoms with van der Waals surface area (Å²) >= 11 is 0. The molecule has 23 heavy (non-hydrogen) atoms. The van der Waals surface area contributed by atoms with Gasteiger partial charge in [-0.2, -0.15) is 0 Å². The van der Waals surface area contributed by atoms with Gasteiger partial charge in [0.15, 0.2) is 5.82 Å². The number of anilines is 3. The first-order chi connectivity index (χ1) is 11.3. The lowest BCUT2D eigenvalue weighted by Crippen LogP contribution is -2.20. The molecule has 1 fully saturated rings. The first kappa shape index (κ1) is 13.8. The lowest BCUT2D eigenvalue weighted by atomic mass is 10.3. The maximum absolute atomic E-state index is 13.3. The van der Waals surface area contributed by atoms with Crippen LogP contribution in [0.4, 0.5) is 21.8 Å². The van der Waals surface area contributed by atoms with E-state index in [1.807, 2.05) is 0 Å². The van der Waals surface area contributed by atoms with Gasteiger partial charge in [-0.3, -0.25) is 0 Å². The van der Waals surface area contributed by atoms with Gasteiger partial charge in [0.2, 0.25) is 5.95 Å². The van der Waals surface area contributed by atoms with Crippen LogP contribution in [-0.4, -0.2) is 33.0 Å². The Morgan fingerprint density at radius 3 is 2.78 bits per heavy atom. The summed E-state index contributed by atoms with van der Waals surface area (Å²) in [6, 6.07) is 6.23. The average molecular weight is 310 g/mol. The monoisotopic (exact) mass is 310 g/mol. The molecule has 2 aromatic heterocycles. The fraction of sp³-hybridized carbons (Fsp3) is 0.250. The minimum atomic E-state index is -0.305. The van der Waals surface area contributed by atoms with E-state index in [-0.39, 0.29) is 5.82 Å². The molecule has 0 unspecified atom stereocenters. The van der Waals surface area contributed by atoms with E-state index in [0.717, 1.165) is 25.9 Å². The van der Waals surface area contributed by atoms with Crippen molar-refractivity contribution < 1.29 is 4.39 Å². The van der Waals surface area contributed by atoms with Crippen molar-refractivity contribution in [2.45, 2.75) is 12.8 Å². The topological polar surface area (TPSA) is 66.8 Å². The van der Waals surface area contributed by atoms with Crippen molar-refractivity contribution in [1.82, 2.24) is 19.9 Å². The minimum Gasteiger partial charge on any atom is -0.341 e. The minimum absolute atomic E-state index is 0.305. The maximum atomic E-state index is 13.3. The highest BCUT2D eigenvalue weighted by molar-refractivity contribution is 5.87. The second-order valence-electron chi connectivity index (χ2n) is 5.46. The van der Waals surface area contributed by atoms with Crippen molar-refractivity contribution in [3.63, 3.8) is 0 Å². The molecule has 7 heteroatoms. The Morgan fingerprint density at radius 2 is 1.96 bits per heavy atom. The van der Waals surface area contributed by atoms with Gasteiger partial charge in [0.05, 0.1) is 6.20 Å². The zero-order valence-corrected chi connectivity index (χ0v) is 12.4. The van der Waals surface area contributed by atoms with E-state index in [9.17, 15) is 4.39 Å². The average Bonchev–Trinajstić information content (AvgIpc) is 3.09. The Balaban J connectivity index is 1.74. The molecule has 1 N–H and O–H groups in total. The molecule has 0 spiro atoms. The Bertz CT molecular complexity index is 847. The number of halogens is 1. The Kier molecular flexibility index (Phi) is 3.45. The number of hydrogen-bond acceptors (Lipinski definition) is 6. The number of nitrogens with zero attached hydrogens (tertiary/aromatic N) is 5. The van der Waals surface area contributed by atoms with Crippen molar-refractivity contribution in [3.05, 3.63) is 42.6 Å². The molecule has 3 aromatic rings. The fourth-order valence-electron chi connectivity index (χ4n) is 2.71. The third-order valence-electron chi connectivity index (χ3n) is 3.84. The van der Waals surface area contributed by atoms with Crippen LogP contribution in [0.3, 0.4) is 0 Å². The molecule has 6 nitrogen and oxygen atoms in total. The zero-order valence-electron chi connectivity index (χ0n) is 12.4. The zero-order chi connectivity index (χ0) is 15.6. The largest absolute Gasteiger partial charge is 0.341 e. The molecular formula is C16H15FN6. The quantitative estimate of drug-likeness (QED) is 0.802. The number of rotatable bonds is 3. The van der Waals surface area contributed by atoms with Gasteiger partial charge in [0, 0.05) is 18.8 Å². The number of aromatic nitrogens is 4. The summed E-state index contributed by atoms with van der Waals surface area (Å²) in [5.74, 6) is 0.927. The summed E-state index contributed by atoms with van der Waals surface area (Å²) in [6.07, 6.45) is 5.46. The second-order valence-corrected chi connectivity index (χ2v) is 5.46. The van der Waals surface area contributed by atoms with Crippen LogP contribution in [0.25, 0.3) is 11.0 Å². The van der Waals surface area contributed by atoms with E-state index in [1.165, 1.54) is 18.5 Å². The summed E-state index contributed by atoms with van der Waals surface area (Å²) in [5.41, 5.74) is 1.90. The number of nitrogens with one attached hydrogen (secondary N) is 1. The standard InChI is InChI=1S/C16H15FN6/c17-11-4-3-5-12(8-11)21-15-14-13(19-10-20-15)9-18-16(22-14)23-6-1-2-7-23/h3-5,8-10H,1-2,6-7H2,(H,19,20,21). The number of fused-ring (bicyclic) bond motifs is 1.